The van der Waals surface area contributed by atoms with E-state index in [1.165, 1.54) is 6.07 Å². The first kappa shape index (κ1) is 12.4. The predicted octanol–water partition coefficient (Wildman–Crippen LogP) is 3.66. The molecule has 1 fully saturated rings. The maximum Gasteiger partial charge on any atom is 0.433 e. The zero-order valence-corrected chi connectivity index (χ0v) is 10.8. The highest BCUT2D eigenvalue weighted by molar-refractivity contribution is 5.72. The lowest BCUT2D eigenvalue weighted by molar-refractivity contribution is -0.141. The molecule has 0 spiro atoms. The van der Waals surface area contributed by atoms with Crippen LogP contribution in [0.3, 0.4) is 0 Å². The van der Waals surface area contributed by atoms with Crippen LogP contribution in [0.5, 0.6) is 0 Å². The van der Waals surface area contributed by atoms with Gasteiger partial charge in [0.2, 0.25) is 0 Å². The fourth-order valence-electron chi connectivity index (χ4n) is 2.79. The zero-order chi connectivity index (χ0) is 13.8. The Morgan fingerprint density at radius 1 is 1.21 bits per heavy atom. The number of halogens is 3. The van der Waals surface area contributed by atoms with Crippen molar-refractivity contribution in [1.82, 2.24) is 14.5 Å². The number of aryl methyl sites for hydroxylation is 1. The van der Waals surface area contributed by atoms with E-state index >= 15 is 0 Å². The Morgan fingerprint density at radius 3 is 2.42 bits per heavy atom. The van der Waals surface area contributed by atoms with Crippen LogP contribution < -0.4 is 0 Å². The third-order valence-electron chi connectivity index (χ3n) is 3.93. The first-order valence-electron chi connectivity index (χ1n) is 6.25. The van der Waals surface area contributed by atoms with Crippen LogP contribution in [-0.4, -0.2) is 14.5 Å². The third-order valence-corrected chi connectivity index (χ3v) is 3.93. The highest BCUT2D eigenvalue weighted by atomic mass is 19.4. The van der Waals surface area contributed by atoms with E-state index in [0.717, 1.165) is 31.2 Å². The van der Waals surface area contributed by atoms with E-state index in [4.69, 9.17) is 0 Å². The van der Waals surface area contributed by atoms with Crippen molar-refractivity contribution in [3.63, 3.8) is 0 Å². The Hall–Kier alpha value is -1.59. The molecule has 0 saturated heterocycles. The van der Waals surface area contributed by atoms with Gasteiger partial charge >= 0.3 is 6.18 Å². The van der Waals surface area contributed by atoms with Crippen LogP contribution in [0.2, 0.25) is 0 Å². The molecule has 1 aliphatic carbocycles. The van der Waals surface area contributed by atoms with E-state index in [1.54, 1.807) is 0 Å². The molecule has 3 nitrogen and oxygen atoms in total. The molecule has 0 amide bonds. The summed E-state index contributed by atoms with van der Waals surface area (Å²) in [6, 6.07) is 2.39. The minimum absolute atomic E-state index is 0.143. The zero-order valence-electron chi connectivity index (χ0n) is 10.8. The predicted molar refractivity (Wildman–Crippen MR) is 64.8 cm³/mol. The summed E-state index contributed by atoms with van der Waals surface area (Å²) >= 11 is 0. The smallest absolute Gasteiger partial charge is 0.307 e. The second kappa shape index (κ2) is 3.71. The number of rotatable bonds is 1. The molecule has 1 saturated carbocycles. The molecular weight excluding hydrogens is 255 g/mol. The molecule has 2 aromatic rings. The topological polar surface area (TPSA) is 30.7 Å². The van der Waals surface area contributed by atoms with Gasteiger partial charge in [-0.15, -0.1) is 0 Å². The van der Waals surface area contributed by atoms with Crippen LogP contribution in [0.1, 0.15) is 37.7 Å². The molecule has 0 aliphatic heterocycles. The Morgan fingerprint density at radius 2 is 1.89 bits per heavy atom. The van der Waals surface area contributed by atoms with Crippen LogP contribution in [0.25, 0.3) is 11.2 Å². The summed E-state index contributed by atoms with van der Waals surface area (Å²) in [5.74, 6) is 0.726. The van der Waals surface area contributed by atoms with Gasteiger partial charge in [0.25, 0.3) is 0 Å². The molecule has 0 atom stereocenters. The second-order valence-electron chi connectivity index (χ2n) is 5.38. The molecule has 1 aliphatic rings. The average molecular weight is 269 g/mol. The molecule has 19 heavy (non-hydrogen) atoms. The normalized spacial score (nSPS) is 18.6. The second-order valence-corrected chi connectivity index (χ2v) is 5.38. The van der Waals surface area contributed by atoms with Gasteiger partial charge in [-0.25, -0.2) is 9.97 Å². The fraction of sp³-hybridized carbons (Fsp3) is 0.538. The van der Waals surface area contributed by atoms with Crippen molar-refractivity contribution in [3.05, 3.63) is 23.7 Å². The van der Waals surface area contributed by atoms with Gasteiger partial charge in [-0.05, 0) is 45.2 Å². The standard InChI is InChI=1S/C13H14F3N3/c1-8-17-9-4-5-10(13(14,15)16)18-11(9)19(8)12(2)6-3-7-12/h4-5H,3,6-7H2,1-2H3. The highest BCUT2D eigenvalue weighted by Gasteiger charge is 2.38. The molecule has 2 heterocycles. The number of fused-ring (bicyclic) bond motifs is 1. The number of imidazole rings is 1. The van der Waals surface area contributed by atoms with Gasteiger partial charge in [0.05, 0.1) is 0 Å². The van der Waals surface area contributed by atoms with Crippen LogP contribution in [0, 0.1) is 6.92 Å². The number of nitrogens with zero attached hydrogens (tertiary/aromatic N) is 3. The summed E-state index contributed by atoms with van der Waals surface area (Å²) in [4.78, 5) is 8.11. The number of alkyl halides is 3. The van der Waals surface area contributed by atoms with E-state index in [-0.39, 0.29) is 5.54 Å². The lowest BCUT2D eigenvalue weighted by Crippen LogP contribution is -2.38. The molecular formula is C13H14F3N3. The van der Waals surface area contributed by atoms with Gasteiger partial charge in [-0.1, -0.05) is 0 Å². The van der Waals surface area contributed by atoms with Crippen LogP contribution >= 0.6 is 0 Å². The summed E-state index contributed by atoms with van der Waals surface area (Å²) in [7, 11) is 0. The Kier molecular flexibility index (Phi) is 2.43. The van der Waals surface area contributed by atoms with Gasteiger partial charge in [-0.2, -0.15) is 13.2 Å². The van der Waals surface area contributed by atoms with Gasteiger partial charge in [0, 0.05) is 5.54 Å². The largest absolute Gasteiger partial charge is 0.433 e. The van der Waals surface area contributed by atoms with Crippen molar-refractivity contribution in [2.45, 2.75) is 44.8 Å². The average Bonchev–Trinajstić information content (AvgIpc) is 2.60. The summed E-state index contributed by atoms with van der Waals surface area (Å²) in [5.41, 5.74) is -0.131. The van der Waals surface area contributed by atoms with Crippen molar-refractivity contribution in [2.75, 3.05) is 0 Å². The van der Waals surface area contributed by atoms with Crippen LogP contribution in [0.15, 0.2) is 12.1 Å². The van der Waals surface area contributed by atoms with Gasteiger partial charge in [-0.3, -0.25) is 0 Å². The molecule has 0 unspecified atom stereocenters. The fourth-order valence-corrected chi connectivity index (χ4v) is 2.79. The monoisotopic (exact) mass is 269 g/mol. The van der Waals surface area contributed by atoms with E-state index in [9.17, 15) is 13.2 Å². The van der Waals surface area contributed by atoms with E-state index in [2.05, 4.69) is 9.97 Å². The molecule has 0 radical (unpaired) electrons. The van der Waals surface area contributed by atoms with Crippen LogP contribution in [-0.2, 0) is 11.7 Å². The quantitative estimate of drug-likeness (QED) is 0.791. The van der Waals surface area contributed by atoms with Crippen LogP contribution in [0.4, 0.5) is 13.2 Å². The molecule has 3 rings (SSSR count). The van der Waals surface area contributed by atoms with E-state index in [0.29, 0.717) is 11.2 Å². The van der Waals surface area contributed by atoms with Crippen molar-refractivity contribution >= 4 is 11.2 Å². The highest BCUT2D eigenvalue weighted by Crippen LogP contribution is 2.41. The first-order valence-corrected chi connectivity index (χ1v) is 6.25. The minimum atomic E-state index is -4.42. The van der Waals surface area contributed by atoms with Crippen molar-refractivity contribution in [1.29, 1.82) is 0 Å². The van der Waals surface area contributed by atoms with Gasteiger partial charge in [0.15, 0.2) is 5.65 Å². The number of aromatic nitrogens is 3. The molecule has 0 N–H and O–H groups in total. The Bertz CT molecular complexity index is 638. The first-order chi connectivity index (χ1) is 8.81. The third kappa shape index (κ3) is 1.81. The molecule has 102 valence electrons. The Balaban J connectivity index is 2.23. The summed E-state index contributed by atoms with van der Waals surface area (Å²) in [6.07, 6.45) is -1.42. The number of hydrogen-bond acceptors (Lipinski definition) is 2. The molecule has 0 aromatic carbocycles. The van der Waals surface area contributed by atoms with Gasteiger partial charge in [0.1, 0.15) is 17.0 Å². The summed E-state index contributed by atoms with van der Waals surface area (Å²) < 4.78 is 40.1. The van der Waals surface area contributed by atoms with E-state index in [1.807, 2.05) is 18.4 Å². The lowest BCUT2D eigenvalue weighted by atomic mass is 9.78. The lowest BCUT2D eigenvalue weighted by Gasteiger charge is -2.40. The maximum atomic E-state index is 12.8. The van der Waals surface area contributed by atoms with E-state index < -0.39 is 11.9 Å². The number of pyridine rings is 1. The molecule has 6 heteroatoms. The molecule has 2 aromatic heterocycles. The minimum Gasteiger partial charge on any atom is -0.307 e. The Labute approximate surface area is 108 Å². The van der Waals surface area contributed by atoms with Crippen molar-refractivity contribution in [2.24, 2.45) is 0 Å². The number of hydrogen-bond donors (Lipinski definition) is 0. The summed E-state index contributed by atoms with van der Waals surface area (Å²) in [5, 5.41) is 0. The van der Waals surface area contributed by atoms with Crippen molar-refractivity contribution in [3.8, 4) is 0 Å². The summed E-state index contributed by atoms with van der Waals surface area (Å²) in [6.45, 7) is 3.87. The van der Waals surface area contributed by atoms with Crippen molar-refractivity contribution < 1.29 is 13.2 Å². The maximum absolute atomic E-state index is 12.8. The SMILES string of the molecule is Cc1nc2ccc(C(F)(F)F)nc2n1C1(C)CCC1. The van der Waals surface area contributed by atoms with Gasteiger partial charge < -0.3 is 4.57 Å². The molecule has 0 bridgehead atoms.